The zero-order chi connectivity index (χ0) is 12.3. The van der Waals surface area contributed by atoms with Gasteiger partial charge in [-0.3, -0.25) is 9.78 Å². The van der Waals surface area contributed by atoms with Crippen LogP contribution in [0.1, 0.15) is 5.56 Å². The van der Waals surface area contributed by atoms with Crippen molar-refractivity contribution in [2.24, 2.45) is 5.73 Å². The molecule has 1 atom stereocenters. The standard InChI is InChI=1S/C13H15N3O/c1-15-13(17)11(14)8-9-6-7-16-12-5-3-2-4-10(9)12/h2-7,11H,8,14H2,1H3,(H,15,17)/t11-/m1/s1. The summed E-state index contributed by atoms with van der Waals surface area (Å²) in [6.07, 6.45) is 2.26. The fourth-order valence-corrected chi connectivity index (χ4v) is 1.85. The SMILES string of the molecule is CNC(=O)[C@H](N)Cc1ccnc2ccccc12. The second kappa shape index (κ2) is 4.93. The number of likely N-dealkylation sites (N-methyl/N-ethyl adjacent to an activating group) is 1. The molecule has 0 aliphatic rings. The van der Waals surface area contributed by atoms with E-state index in [1.807, 2.05) is 30.3 Å². The van der Waals surface area contributed by atoms with Gasteiger partial charge in [-0.05, 0) is 24.1 Å². The summed E-state index contributed by atoms with van der Waals surface area (Å²) in [5.74, 6) is -0.147. The van der Waals surface area contributed by atoms with Gasteiger partial charge in [0.15, 0.2) is 0 Å². The molecule has 88 valence electrons. The van der Waals surface area contributed by atoms with Crippen molar-refractivity contribution in [2.75, 3.05) is 7.05 Å². The molecule has 4 nitrogen and oxygen atoms in total. The number of nitrogens with two attached hydrogens (primary N) is 1. The first kappa shape index (κ1) is 11.5. The maximum absolute atomic E-state index is 11.4. The number of hydrogen-bond acceptors (Lipinski definition) is 3. The minimum atomic E-state index is -0.522. The molecule has 0 radical (unpaired) electrons. The Balaban J connectivity index is 2.33. The number of benzene rings is 1. The highest BCUT2D eigenvalue weighted by Gasteiger charge is 2.13. The molecule has 17 heavy (non-hydrogen) atoms. The van der Waals surface area contributed by atoms with E-state index in [-0.39, 0.29) is 5.91 Å². The largest absolute Gasteiger partial charge is 0.358 e. The maximum Gasteiger partial charge on any atom is 0.237 e. The lowest BCUT2D eigenvalue weighted by Crippen LogP contribution is -2.40. The summed E-state index contributed by atoms with van der Waals surface area (Å²) in [6, 6.07) is 9.23. The first-order valence-corrected chi connectivity index (χ1v) is 5.52. The molecule has 1 aromatic carbocycles. The molecule has 0 aliphatic carbocycles. The number of carbonyl (C=O) groups is 1. The van der Waals surface area contributed by atoms with Crippen LogP contribution in [0.25, 0.3) is 10.9 Å². The highest BCUT2D eigenvalue weighted by Crippen LogP contribution is 2.17. The van der Waals surface area contributed by atoms with Gasteiger partial charge in [0, 0.05) is 18.6 Å². The Labute approximate surface area is 99.8 Å². The molecule has 0 unspecified atom stereocenters. The van der Waals surface area contributed by atoms with Crippen molar-refractivity contribution < 1.29 is 4.79 Å². The minimum absolute atomic E-state index is 0.147. The number of nitrogens with zero attached hydrogens (tertiary/aromatic N) is 1. The predicted octanol–water partition coefficient (Wildman–Crippen LogP) is 0.851. The molecule has 0 fully saturated rings. The lowest BCUT2D eigenvalue weighted by Gasteiger charge is -2.11. The van der Waals surface area contributed by atoms with Gasteiger partial charge in [0.05, 0.1) is 11.6 Å². The number of carbonyl (C=O) groups excluding carboxylic acids is 1. The molecule has 0 saturated carbocycles. The molecule has 0 bridgehead atoms. The Hall–Kier alpha value is -1.94. The van der Waals surface area contributed by atoms with Gasteiger partial charge >= 0.3 is 0 Å². The Morgan fingerprint density at radius 2 is 2.18 bits per heavy atom. The first-order valence-electron chi connectivity index (χ1n) is 5.52. The van der Waals surface area contributed by atoms with Crippen LogP contribution in [0.15, 0.2) is 36.5 Å². The molecule has 2 aromatic rings. The maximum atomic E-state index is 11.4. The average Bonchev–Trinajstić information content (AvgIpc) is 2.38. The van der Waals surface area contributed by atoms with Crippen molar-refractivity contribution >= 4 is 16.8 Å². The summed E-state index contributed by atoms with van der Waals surface area (Å²) in [4.78, 5) is 15.7. The lowest BCUT2D eigenvalue weighted by molar-refractivity contribution is -0.121. The molecule has 1 aromatic heterocycles. The smallest absolute Gasteiger partial charge is 0.237 e. The predicted molar refractivity (Wildman–Crippen MR) is 67.5 cm³/mol. The monoisotopic (exact) mass is 229 g/mol. The van der Waals surface area contributed by atoms with Gasteiger partial charge in [0.2, 0.25) is 5.91 Å². The van der Waals surface area contributed by atoms with Gasteiger partial charge < -0.3 is 11.1 Å². The Morgan fingerprint density at radius 3 is 2.94 bits per heavy atom. The third-order valence-corrected chi connectivity index (χ3v) is 2.76. The van der Waals surface area contributed by atoms with Crippen LogP contribution >= 0.6 is 0 Å². The summed E-state index contributed by atoms with van der Waals surface area (Å²) in [5, 5.41) is 3.60. The molecule has 3 N–H and O–H groups in total. The van der Waals surface area contributed by atoms with E-state index in [0.717, 1.165) is 16.5 Å². The van der Waals surface area contributed by atoms with E-state index in [9.17, 15) is 4.79 Å². The van der Waals surface area contributed by atoms with Crippen LogP contribution in [0.2, 0.25) is 0 Å². The summed E-state index contributed by atoms with van der Waals surface area (Å²) in [7, 11) is 1.59. The van der Waals surface area contributed by atoms with Crippen LogP contribution in [-0.4, -0.2) is 24.0 Å². The summed E-state index contributed by atoms with van der Waals surface area (Å²) >= 11 is 0. The molecule has 4 heteroatoms. The van der Waals surface area contributed by atoms with E-state index in [1.54, 1.807) is 13.2 Å². The van der Waals surface area contributed by atoms with Gasteiger partial charge in [-0.2, -0.15) is 0 Å². The summed E-state index contributed by atoms with van der Waals surface area (Å²) in [6.45, 7) is 0. The average molecular weight is 229 g/mol. The van der Waals surface area contributed by atoms with Crippen molar-refractivity contribution in [2.45, 2.75) is 12.5 Å². The van der Waals surface area contributed by atoms with Crippen LogP contribution in [0.3, 0.4) is 0 Å². The number of aromatic nitrogens is 1. The summed E-state index contributed by atoms with van der Waals surface area (Å²) in [5.41, 5.74) is 7.79. The third-order valence-electron chi connectivity index (χ3n) is 2.76. The van der Waals surface area contributed by atoms with Crippen LogP contribution in [0.4, 0.5) is 0 Å². The molecule has 1 amide bonds. The van der Waals surface area contributed by atoms with Crippen molar-refractivity contribution in [3.05, 3.63) is 42.1 Å². The second-order valence-electron chi connectivity index (χ2n) is 3.91. The van der Waals surface area contributed by atoms with E-state index in [2.05, 4.69) is 10.3 Å². The highest BCUT2D eigenvalue weighted by atomic mass is 16.2. The van der Waals surface area contributed by atoms with Crippen LogP contribution in [0, 0.1) is 0 Å². The quantitative estimate of drug-likeness (QED) is 0.820. The number of amides is 1. The first-order chi connectivity index (χ1) is 8.22. The van der Waals surface area contributed by atoms with E-state index in [4.69, 9.17) is 5.73 Å². The fourth-order valence-electron chi connectivity index (χ4n) is 1.85. The third kappa shape index (κ3) is 2.42. The topological polar surface area (TPSA) is 68.0 Å². The molecule has 2 rings (SSSR count). The second-order valence-corrected chi connectivity index (χ2v) is 3.91. The van der Waals surface area contributed by atoms with Crippen LogP contribution in [0.5, 0.6) is 0 Å². The van der Waals surface area contributed by atoms with Crippen LogP contribution < -0.4 is 11.1 Å². The molecular weight excluding hydrogens is 214 g/mol. The van der Waals surface area contributed by atoms with Gasteiger partial charge in [-0.1, -0.05) is 18.2 Å². The van der Waals surface area contributed by atoms with Crippen LogP contribution in [-0.2, 0) is 11.2 Å². The van der Waals surface area contributed by atoms with E-state index in [0.29, 0.717) is 6.42 Å². The zero-order valence-electron chi connectivity index (χ0n) is 9.68. The number of fused-ring (bicyclic) bond motifs is 1. The van der Waals surface area contributed by atoms with E-state index in [1.165, 1.54) is 0 Å². The zero-order valence-corrected chi connectivity index (χ0v) is 9.68. The molecule has 0 aliphatic heterocycles. The van der Waals surface area contributed by atoms with Crippen molar-refractivity contribution in [3.63, 3.8) is 0 Å². The molecule has 1 heterocycles. The number of para-hydroxylation sites is 1. The number of nitrogens with one attached hydrogen (secondary N) is 1. The lowest BCUT2D eigenvalue weighted by atomic mass is 10.0. The normalized spacial score (nSPS) is 12.4. The molecule has 0 saturated heterocycles. The molecule has 0 spiro atoms. The number of pyridine rings is 1. The Kier molecular flexibility index (Phi) is 3.35. The van der Waals surface area contributed by atoms with Gasteiger partial charge in [-0.15, -0.1) is 0 Å². The highest BCUT2D eigenvalue weighted by molar-refractivity contribution is 5.85. The molecular formula is C13H15N3O. The Morgan fingerprint density at radius 1 is 1.41 bits per heavy atom. The van der Waals surface area contributed by atoms with Gasteiger partial charge in [0.1, 0.15) is 0 Å². The number of hydrogen-bond donors (Lipinski definition) is 2. The van der Waals surface area contributed by atoms with Crippen molar-refractivity contribution in [1.29, 1.82) is 0 Å². The van der Waals surface area contributed by atoms with Crippen molar-refractivity contribution in [3.8, 4) is 0 Å². The number of rotatable bonds is 3. The van der Waals surface area contributed by atoms with Gasteiger partial charge in [0.25, 0.3) is 0 Å². The summed E-state index contributed by atoms with van der Waals surface area (Å²) < 4.78 is 0. The van der Waals surface area contributed by atoms with E-state index >= 15 is 0 Å². The van der Waals surface area contributed by atoms with Gasteiger partial charge in [-0.25, -0.2) is 0 Å². The fraction of sp³-hybridized carbons (Fsp3) is 0.231. The van der Waals surface area contributed by atoms with E-state index < -0.39 is 6.04 Å². The minimum Gasteiger partial charge on any atom is -0.358 e. The Bertz CT molecular complexity index is 534. The van der Waals surface area contributed by atoms with Crippen molar-refractivity contribution in [1.82, 2.24) is 10.3 Å².